The molecule has 6 nitrogen and oxygen atoms in total. The van der Waals surface area contributed by atoms with E-state index in [1.165, 1.54) is 12.1 Å². The van der Waals surface area contributed by atoms with Crippen molar-refractivity contribution >= 4 is 23.5 Å². The molecule has 0 bridgehead atoms. The van der Waals surface area contributed by atoms with Crippen molar-refractivity contribution in [1.29, 1.82) is 0 Å². The number of phenols is 1. The van der Waals surface area contributed by atoms with Gasteiger partial charge in [-0.15, -0.1) is 0 Å². The first-order chi connectivity index (χ1) is 11.1. The Morgan fingerprint density at radius 1 is 0.957 bits per heavy atom. The van der Waals surface area contributed by atoms with Crippen molar-refractivity contribution in [2.75, 3.05) is 4.90 Å². The summed E-state index contributed by atoms with van der Waals surface area (Å²) >= 11 is 0. The molecule has 0 saturated carbocycles. The van der Waals surface area contributed by atoms with Gasteiger partial charge in [0.25, 0.3) is 0 Å². The minimum atomic E-state index is -0.988. The van der Waals surface area contributed by atoms with E-state index in [4.69, 9.17) is 0 Å². The van der Waals surface area contributed by atoms with Crippen LogP contribution in [0.2, 0.25) is 0 Å². The highest BCUT2D eigenvalue weighted by molar-refractivity contribution is 6.27. The van der Waals surface area contributed by atoms with E-state index in [1.54, 1.807) is 42.5 Å². The average Bonchev–Trinajstić information content (AvgIpc) is 2.54. The molecule has 1 aliphatic heterocycles. The summed E-state index contributed by atoms with van der Waals surface area (Å²) in [5.74, 6) is -2.05. The Labute approximate surface area is 132 Å². The van der Waals surface area contributed by atoms with Crippen LogP contribution in [0.15, 0.2) is 54.6 Å². The van der Waals surface area contributed by atoms with Gasteiger partial charge in [0.1, 0.15) is 11.7 Å². The number of para-hydroxylation sites is 1. The Bertz CT molecular complexity index is 756. The van der Waals surface area contributed by atoms with Crippen molar-refractivity contribution in [3.63, 3.8) is 0 Å². The van der Waals surface area contributed by atoms with Crippen molar-refractivity contribution in [2.45, 2.75) is 6.42 Å². The predicted molar refractivity (Wildman–Crippen MR) is 82.8 cm³/mol. The number of hydrogen-bond acceptors (Lipinski definition) is 4. The van der Waals surface area contributed by atoms with Crippen molar-refractivity contribution in [1.82, 2.24) is 5.32 Å². The first kappa shape index (κ1) is 14.8. The van der Waals surface area contributed by atoms with Crippen LogP contribution in [0.5, 0.6) is 5.75 Å². The first-order valence-electron chi connectivity index (χ1n) is 7.08. The zero-order valence-electron chi connectivity index (χ0n) is 12.1. The third kappa shape index (κ3) is 2.91. The minimum Gasteiger partial charge on any atom is -0.508 e. The maximum absolute atomic E-state index is 12.6. The normalized spacial score (nSPS) is 18.0. The van der Waals surface area contributed by atoms with E-state index >= 15 is 0 Å². The van der Waals surface area contributed by atoms with Gasteiger partial charge in [-0.25, -0.2) is 9.69 Å². The topological polar surface area (TPSA) is 86.7 Å². The van der Waals surface area contributed by atoms with Gasteiger partial charge in [-0.1, -0.05) is 30.3 Å². The summed E-state index contributed by atoms with van der Waals surface area (Å²) in [7, 11) is 0. The van der Waals surface area contributed by atoms with Crippen LogP contribution in [0.25, 0.3) is 0 Å². The maximum Gasteiger partial charge on any atom is 0.335 e. The molecule has 0 aliphatic carbocycles. The van der Waals surface area contributed by atoms with E-state index in [0.717, 1.165) is 10.5 Å². The minimum absolute atomic E-state index is 0.106. The molecule has 0 radical (unpaired) electrons. The fraction of sp³-hybridized carbons (Fsp3) is 0.118. The summed E-state index contributed by atoms with van der Waals surface area (Å²) in [4.78, 5) is 37.6. The lowest BCUT2D eigenvalue weighted by Gasteiger charge is -2.30. The number of urea groups is 1. The van der Waals surface area contributed by atoms with Gasteiger partial charge in [0.05, 0.1) is 5.69 Å². The lowest BCUT2D eigenvalue weighted by Crippen LogP contribution is -2.58. The number of imide groups is 2. The van der Waals surface area contributed by atoms with Gasteiger partial charge in [-0.05, 0) is 36.2 Å². The third-order valence-corrected chi connectivity index (χ3v) is 3.66. The molecule has 23 heavy (non-hydrogen) atoms. The van der Waals surface area contributed by atoms with Crippen LogP contribution in [-0.2, 0) is 16.0 Å². The van der Waals surface area contributed by atoms with Gasteiger partial charge in [0, 0.05) is 0 Å². The first-order valence-corrected chi connectivity index (χ1v) is 7.08. The summed E-state index contributed by atoms with van der Waals surface area (Å²) in [5, 5.41) is 11.5. The molecule has 1 unspecified atom stereocenters. The number of aromatic hydroxyl groups is 1. The molecule has 3 rings (SSSR count). The Balaban J connectivity index is 1.88. The van der Waals surface area contributed by atoms with E-state index in [1.807, 2.05) is 0 Å². The molecule has 1 atom stereocenters. The lowest BCUT2D eigenvalue weighted by atomic mass is 9.95. The molecule has 0 aromatic heterocycles. The van der Waals surface area contributed by atoms with E-state index in [9.17, 15) is 19.5 Å². The number of carbonyl (C=O) groups excluding carboxylic acids is 3. The SMILES string of the molecule is O=C1NC(=O)N(c2ccccc2)C(=O)C1Cc1ccc(O)cc1. The third-order valence-electron chi connectivity index (χ3n) is 3.66. The smallest absolute Gasteiger partial charge is 0.335 e. The van der Waals surface area contributed by atoms with E-state index in [-0.39, 0.29) is 12.2 Å². The molecular formula is C17H14N2O4. The Morgan fingerprint density at radius 2 is 1.61 bits per heavy atom. The van der Waals surface area contributed by atoms with E-state index < -0.39 is 23.8 Å². The molecule has 1 fully saturated rings. The predicted octanol–water partition coefficient (Wildman–Crippen LogP) is 1.83. The van der Waals surface area contributed by atoms with Crippen LogP contribution in [0.1, 0.15) is 5.56 Å². The Morgan fingerprint density at radius 3 is 2.26 bits per heavy atom. The number of anilines is 1. The van der Waals surface area contributed by atoms with E-state index in [0.29, 0.717) is 5.69 Å². The van der Waals surface area contributed by atoms with Crippen LogP contribution in [0.3, 0.4) is 0 Å². The van der Waals surface area contributed by atoms with Gasteiger partial charge >= 0.3 is 6.03 Å². The highest BCUT2D eigenvalue weighted by Gasteiger charge is 2.41. The molecule has 1 heterocycles. The summed E-state index contributed by atoms with van der Waals surface area (Å²) in [6.07, 6.45) is 0.154. The Hall–Kier alpha value is -3.15. The summed E-state index contributed by atoms with van der Waals surface area (Å²) in [6, 6.07) is 14.0. The number of amides is 4. The molecule has 2 aromatic carbocycles. The highest BCUT2D eigenvalue weighted by Crippen LogP contribution is 2.23. The molecule has 0 spiro atoms. The number of nitrogens with zero attached hydrogens (tertiary/aromatic N) is 1. The number of barbiturate groups is 1. The number of benzene rings is 2. The average molecular weight is 310 g/mol. The van der Waals surface area contributed by atoms with Crippen LogP contribution in [-0.4, -0.2) is 23.0 Å². The highest BCUT2D eigenvalue weighted by atomic mass is 16.3. The molecule has 2 N–H and O–H groups in total. The van der Waals surface area contributed by atoms with Gasteiger partial charge in [0.2, 0.25) is 11.8 Å². The standard InChI is InChI=1S/C17H14N2O4/c20-13-8-6-11(7-9-13)10-14-15(21)18-17(23)19(16(14)22)12-4-2-1-3-5-12/h1-9,14,20H,10H2,(H,18,21,23). The quantitative estimate of drug-likeness (QED) is 0.847. The molecule has 1 saturated heterocycles. The summed E-state index contributed by atoms with van der Waals surface area (Å²) < 4.78 is 0. The molecule has 2 aromatic rings. The van der Waals surface area contributed by atoms with Crippen molar-refractivity contribution in [2.24, 2.45) is 5.92 Å². The lowest BCUT2D eigenvalue weighted by molar-refractivity contribution is -0.134. The number of phenolic OH excluding ortho intramolecular Hbond substituents is 1. The van der Waals surface area contributed by atoms with Crippen LogP contribution >= 0.6 is 0 Å². The summed E-state index contributed by atoms with van der Waals surface area (Å²) in [6.45, 7) is 0. The van der Waals surface area contributed by atoms with E-state index in [2.05, 4.69) is 5.32 Å². The summed E-state index contributed by atoms with van der Waals surface area (Å²) in [5.41, 5.74) is 1.14. The number of hydrogen-bond donors (Lipinski definition) is 2. The second kappa shape index (κ2) is 5.92. The Kier molecular flexibility index (Phi) is 3.80. The van der Waals surface area contributed by atoms with Crippen LogP contribution < -0.4 is 10.2 Å². The van der Waals surface area contributed by atoms with Crippen LogP contribution in [0.4, 0.5) is 10.5 Å². The second-order valence-electron chi connectivity index (χ2n) is 5.23. The molecular weight excluding hydrogens is 296 g/mol. The molecule has 6 heteroatoms. The maximum atomic E-state index is 12.6. The molecule has 116 valence electrons. The number of carbonyl (C=O) groups is 3. The zero-order valence-corrected chi connectivity index (χ0v) is 12.1. The number of rotatable bonds is 3. The van der Waals surface area contributed by atoms with Crippen LogP contribution in [0, 0.1) is 5.92 Å². The van der Waals surface area contributed by atoms with Gasteiger partial charge < -0.3 is 5.11 Å². The monoisotopic (exact) mass is 310 g/mol. The molecule has 1 aliphatic rings. The van der Waals surface area contributed by atoms with Gasteiger partial charge in [-0.2, -0.15) is 0 Å². The fourth-order valence-electron chi connectivity index (χ4n) is 2.49. The zero-order chi connectivity index (χ0) is 16.4. The van der Waals surface area contributed by atoms with Gasteiger partial charge in [-0.3, -0.25) is 14.9 Å². The number of nitrogens with one attached hydrogen (secondary N) is 1. The fourth-order valence-corrected chi connectivity index (χ4v) is 2.49. The largest absolute Gasteiger partial charge is 0.508 e. The van der Waals surface area contributed by atoms with Crippen molar-refractivity contribution in [3.8, 4) is 5.75 Å². The second-order valence-corrected chi connectivity index (χ2v) is 5.23. The molecule has 4 amide bonds. The van der Waals surface area contributed by atoms with Crippen molar-refractivity contribution < 1.29 is 19.5 Å². The van der Waals surface area contributed by atoms with Crippen molar-refractivity contribution in [3.05, 3.63) is 60.2 Å². The van der Waals surface area contributed by atoms with Gasteiger partial charge in [0.15, 0.2) is 0 Å².